The van der Waals surface area contributed by atoms with Gasteiger partial charge in [0.2, 0.25) is 0 Å². The first-order valence-electron chi connectivity index (χ1n) is 4.53. The van der Waals surface area contributed by atoms with Crippen LogP contribution in [-0.4, -0.2) is 25.0 Å². The molecular weight excluding hydrogens is 229 g/mol. The van der Waals surface area contributed by atoms with Gasteiger partial charge in [0.15, 0.2) is 0 Å². The topological polar surface area (TPSA) is 99.1 Å². The number of aromatic amines is 1. The molecule has 2 rings (SSSR count). The Labute approximate surface area is 91.5 Å². The van der Waals surface area contributed by atoms with Gasteiger partial charge in [-0.2, -0.15) is 5.10 Å². The number of hydrogen-bond acceptors (Lipinski definition) is 3. The fraction of sp³-hybridized carbons (Fsp3) is 0.111. The highest BCUT2D eigenvalue weighted by Gasteiger charge is 2.14. The van der Waals surface area contributed by atoms with Gasteiger partial charge in [0, 0.05) is 18.0 Å². The second kappa shape index (κ2) is 4.17. The van der Waals surface area contributed by atoms with Crippen molar-refractivity contribution in [2.75, 3.05) is 0 Å². The molecule has 0 aromatic carbocycles. The molecule has 0 radical (unpaired) electrons. The molecule has 6 nitrogen and oxygen atoms in total. The van der Waals surface area contributed by atoms with Gasteiger partial charge in [0.1, 0.15) is 0 Å². The Kier molecular flexibility index (Phi) is 2.87. The Morgan fingerprint density at radius 3 is 2.62 bits per heavy atom. The summed E-state index contributed by atoms with van der Waals surface area (Å²) in [4.78, 5) is 21.7. The fourth-order valence-corrected chi connectivity index (χ4v) is 1.98. The lowest BCUT2D eigenvalue weighted by molar-refractivity contribution is 0.371. The molecule has 84 valence electrons. The van der Waals surface area contributed by atoms with Gasteiger partial charge in [-0.25, -0.2) is 0 Å². The normalized spacial score (nSPS) is 11.6. The van der Waals surface area contributed by atoms with Crippen LogP contribution in [0.1, 0.15) is 5.56 Å². The molecule has 0 aliphatic rings. The molecular formula is C9H10N3O3P. The third-order valence-electron chi connectivity index (χ3n) is 2.01. The SMILES string of the molecule is O=P(O)(O)Cc1ccc(-c2cn[nH]c2)nc1. The van der Waals surface area contributed by atoms with Crippen molar-refractivity contribution in [3.05, 3.63) is 36.3 Å². The van der Waals surface area contributed by atoms with Crippen LogP contribution in [0.5, 0.6) is 0 Å². The van der Waals surface area contributed by atoms with E-state index in [1.165, 1.54) is 6.20 Å². The highest BCUT2D eigenvalue weighted by Crippen LogP contribution is 2.38. The van der Waals surface area contributed by atoms with Crippen molar-refractivity contribution in [2.45, 2.75) is 6.16 Å². The minimum atomic E-state index is -4.02. The van der Waals surface area contributed by atoms with Gasteiger partial charge in [-0.05, 0) is 11.6 Å². The van der Waals surface area contributed by atoms with Crippen LogP contribution in [0, 0.1) is 0 Å². The van der Waals surface area contributed by atoms with Crippen molar-refractivity contribution in [2.24, 2.45) is 0 Å². The Morgan fingerprint density at radius 1 is 1.31 bits per heavy atom. The Bertz CT molecular complexity index is 503. The molecule has 0 bridgehead atoms. The lowest BCUT2D eigenvalue weighted by Gasteiger charge is -2.03. The summed E-state index contributed by atoms with van der Waals surface area (Å²) < 4.78 is 10.8. The molecule has 3 N–H and O–H groups in total. The molecule has 2 aromatic rings. The first kappa shape index (κ1) is 11.0. The van der Waals surface area contributed by atoms with Crippen LogP contribution < -0.4 is 0 Å². The maximum atomic E-state index is 10.8. The fourth-order valence-electron chi connectivity index (χ4n) is 1.32. The molecule has 0 saturated carbocycles. The van der Waals surface area contributed by atoms with E-state index in [1.54, 1.807) is 24.5 Å². The van der Waals surface area contributed by atoms with Crippen LogP contribution in [0.4, 0.5) is 0 Å². The van der Waals surface area contributed by atoms with Gasteiger partial charge in [0.05, 0.1) is 18.1 Å². The van der Waals surface area contributed by atoms with Crippen molar-refractivity contribution in [1.82, 2.24) is 15.2 Å². The van der Waals surface area contributed by atoms with Crippen LogP contribution in [0.15, 0.2) is 30.7 Å². The number of H-pyrrole nitrogens is 1. The quantitative estimate of drug-likeness (QED) is 0.697. The summed E-state index contributed by atoms with van der Waals surface area (Å²) in [6, 6.07) is 3.35. The van der Waals surface area contributed by atoms with E-state index in [2.05, 4.69) is 15.2 Å². The third-order valence-corrected chi connectivity index (χ3v) is 2.78. The largest absolute Gasteiger partial charge is 0.329 e. The first-order valence-corrected chi connectivity index (χ1v) is 6.33. The van der Waals surface area contributed by atoms with Gasteiger partial charge in [-0.3, -0.25) is 14.6 Å². The Hall–Kier alpha value is -1.49. The molecule has 0 atom stereocenters. The molecule has 0 saturated heterocycles. The number of aromatic nitrogens is 3. The molecule has 0 spiro atoms. The monoisotopic (exact) mass is 239 g/mol. The number of hydrogen-bond donors (Lipinski definition) is 3. The van der Waals surface area contributed by atoms with Crippen molar-refractivity contribution in [3.8, 4) is 11.3 Å². The summed E-state index contributed by atoms with van der Waals surface area (Å²) in [5.74, 6) is 0. The van der Waals surface area contributed by atoms with Gasteiger partial charge in [-0.1, -0.05) is 6.07 Å². The van der Waals surface area contributed by atoms with Crippen molar-refractivity contribution in [1.29, 1.82) is 0 Å². The van der Waals surface area contributed by atoms with Gasteiger partial charge in [0.25, 0.3) is 0 Å². The third kappa shape index (κ3) is 2.76. The second-order valence-corrected chi connectivity index (χ2v) is 5.01. The lowest BCUT2D eigenvalue weighted by Crippen LogP contribution is -1.89. The number of nitrogens with zero attached hydrogens (tertiary/aromatic N) is 2. The zero-order chi connectivity index (χ0) is 11.6. The maximum Gasteiger partial charge on any atom is 0.329 e. The highest BCUT2D eigenvalue weighted by molar-refractivity contribution is 7.50. The molecule has 0 fully saturated rings. The molecule has 2 aromatic heterocycles. The first-order chi connectivity index (χ1) is 7.54. The average molecular weight is 239 g/mol. The summed E-state index contributed by atoms with van der Waals surface area (Å²) in [6.07, 6.45) is 4.50. The highest BCUT2D eigenvalue weighted by atomic mass is 31.2. The minimum Gasteiger partial charge on any atom is -0.324 e. The molecule has 7 heteroatoms. The molecule has 0 unspecified atom stereocenters. The molecule has 0 aliphatic heterocycles. The number of rotatable bonds is 3. The van der Waals surface area contributed by atoms with Crippen molar-refractivity contribution >= 4 is 7.60 Å². The zero-order valence-electron chi connectivity index (χ0n) is 8.24. The van der Waals surface area contributed by atoms with E-state index in [4.69, 9.17) is 9.79 Å². The number of nitrogens with one attached hydrogen (secondary N) is 1. The number of pyridine rings is 1. The van der Waals surface area contributed by atoms with Gasteiger partial charge < -0.3 is 9.79 Å². The van der Waals surface area contributed by atoms with E-state index in [0.717, 1.165) is 5.56 Å². The molecule has 16 heavy (non-hydrogen) atoms. The summed E-state index contributed by atoms with van der Waals surface area (Å²) in [7, 11) is -4.02. The van der Waals surface area contributed by atoms with E-state index in [-0.39, 0.29) is 6.16 Å². The Morgan fingerprint density at radius 2 is 2.12 bits per heavy atom. The Balaban J connectivity index is 2.20. The lowest BCUT2D eigenvalue weighted by atomic mass is 10.2. The minimum absolute atomic E-state index is 0.286. The van der Waals surface area contributed by atoms with Crippen LogP contribution in [0.2, 0.25) is 0 Å². The van der Waals surface area contributed by atoms with Crippen molar-refractivity contribution in [3.63, 3.8) is 0 Å². The van der Waals surface area contributed by atoms with E-state index in [0.29, 0.717) is 11.3 Å². The molecule has 0 aliphatic carbocycles. The summed E-state index contributed by atoms with van der Waals surface area (Å²) in [5, 5.41) is 6.46. The second-order valence-electron chi connectivity index (χ2n) is 3.36. The van der Waals surface area contributed by atoms with Crippen LogP contribution in [-0.2, 0) is 10.7 Å². The van der Waals surface area contributed by atoms with E-state index >= 15 is 0 Å². The standard InChI is InChI=1S/C9H10N3O3P/c13-16(14,15)6-7-1-2-9(10-3-7)8-4-11-12-5-8/h1-5H,6H2,(H,11,12)(H2,13,14,15). The maximum absolute atomic E-state index is 10.8. The summed E-state index contributed by atoms with van der Waals surface area (Å²) in [6.45, 7) is 0. The van der Waals surface area contributed by atoms with Gasteiger partial charge >= 0.3 is 7.60 Å². The molecule has 2 heterocycles. The predicted octanol–water partition coefficient (Wildman–Crippen LogP) is 1.15. The molecule has 0 amide bonds. The van der Waals surface area contributed by atoms with Gasteiger partial charge in [-0.15, -0.1) is 0 Å². The average Bonchev–Trinajstić information content (AvgIpc) is 2.69. The zero-order valence-corrected chi connectivity index (χ0v) is 9.13. The van der Waals surface area contributed by atoms with Crippen LogP contribution in [0.3, 0.4) is 0 Å². The summed E-state index contributed by atoms with van der Waals surface area (Å²) in [5.41, 5.74) is 2.06. The predicted molar refractivity (Wildman–Crippen MR) is 57.6 cm³/mol. The van der Waals surface area contributed by atoms with E-state index in [1.807, 2.05) is 0 Å². The van der Waals surface area contributed by atoms with Crippen LogP contribution in [0.25, 0.3) is 11.3 Å². The van der Waals surface area contributed by atoms with Crippen LogP contribution >= 0.6 is 7.60 Å². The summed E-state index contributed by atoms with van der Waals surface area (Å²) >= 11 is 0. The van der Waals surface area contributed by atoms with Crippen molar-refractivity contribution < 1.29 is 14.4 Å². The smallest absolute Gasteiger partial charge is 0.324 e. The van der Waals surface area contributed by atoms with E-state index < -0.39 is 7.60 Å². The van der Waals surface area contributed by atoms with E-state index in [9.17, 15) is 4.57 Å².